The number of amides is 1. The zero-order valence-electron chi connectivity index (χ0n) is 14.2. The molecule has 0 fully saturated rings. The molecule has 1 aromatic heterocycles. The average molecular weight is 379 g/mol. The van der Waals surface area contributed by atoms with E-state index >= 15 is 0 Å². The van der Waals surface area contributed by atoms with Crippen LogP contribution in [-0.4, -0.2) is 29.2 Å². The van der Waals surface area contributed by atoms with Crippen LogP contribution in [-0.2, 0) is 11.3 Å². The van der Waals surface area contributed by atoms with Crippen LogP contribution in [0.3, 0.4) is 0 Å². The molecule has 1 aromatic carbocycles. The van der Waals surface area contributed by atoms with E-state index < -0.39 is 0 Å². The molecule has 0 saturated heterocycles. The number of thioether (sulfide) groups is 1. The van der Waals surface area contributed by atoms with Crippen LogP contribution in [0.5, 0.6) is 5.75 Å². The van der Waals surface area contributed by atoms with Gasteiger partial charge in [0.05, 0.1) is 12.1 Å². The van der Waals surface area contributed by atoms with E-state index in [0.717, 1.165) is 11.1 Å². The van der Waals surface area contributed by atoms with Gasteiger partial charge < -0.3 is 4.74 Å². The molecule has 1 N–H and O–H groups in total. The smallest absolute Gasteiger partial charge is 0.243 e. The number of rotatable bonds is 5. The Hall–Kier alpha value is -1.83. The monoisotopic (exact) mass is 378 g/mol. The summed E-state index contributed by atoms with van der Waals surface area (Å²) in [6, 6.07) is 5.53. The molecule has 25 heavy (non-hydrogen) atoms. The van der Waals surface area contributed by atoms with Gasteiger partial charge in [-0.3, -0.25) is 4.79 Å². The highest BCUT2D eigenvalue weighted by Gasteiger charge is 2.31. The maximum atomic E-state index is 12.5. The van der Waals surface area contributed by atoms with Crippen LogP contribution < -0.4 is 15.2 Å². The van der Waals surface area contributed by atoms with Crippen molar-refractivity contribution < 1.29 is 9.53 Å². The Morgan fingerprint density at radius 1 is 1.48 bits per heavy atom. The lowest BCUT2D eigenvalue weighted by Crippen LogP contribution is -2.46. The predicted molar refractivity (Wildman–Crippen MR) is 99.2 cm³/mol. The molecule has 0 radical (unpaired) electrons. The first kappa shape index (κ1) is 18.0. The molecule has 132 valence electrons. The molecular weight excluding hydrogens is 360 g/mol. The third-order valence-electron chi connectivity index (χ3n) is 4.09. The van der Waals surface area contributed by atoms with Gasteiger partial charge in [0.1, 0.15) is 5.75 Å². The van der Waals surface area contributed by atoms with E-state index in [4.69, 9.17) is 16.3 Å². The fraction of sp³-hybridized carbons (Fsp3) is 0.353. The first-order valence-corrected chi connectivity index (χ1v) is 9.43. The van der Waals surface area contributed by atoms with Gasteiger partial charge in [-0.05, 0) is 29.9 Å². The van der Waals surface area contributed by atoms with Crippen LogP contribution >= 0.6 is 23.4 Å². The van der Waals surface area contributed by atoms with Gasteiger partial charge >= 0.3 is 0 Å². The minimum Gasteiger partial charge on any atom is -0.495 e. The number of methoxy groups -OCH3 is 1. The third kappa shape index (κ3) is 3.73. The highest BCUT2D eigenvalue weighted by Crippen LogP contribution is 2.34. The molecule has 2 heterocycles. The van der Waals surface area contributed by atoms with Gasteiger partial charge in [-0.15, -0.1) is 0 Å². The van der Waals surface area contributed by atoms with Crippen molar-refractivity contribution in [3.05, 3.63) is 40.5 Å². The lowest BCUT2D eigenvalue weighted by atomic mass is 9.96. The minimum absolute atomic E-state index is 0.00892. The summed E-state index contributed by atoms with van der Waals surface area (Å²) >= 11 is 7.61. The number of ether oxygens (including phenoxy) is 1. The van der Waals surface area contributed by atoms with Gasteiger partial charge in [0, 0.05) is 24.7 Å². The molecule has 0 spiro atoms. The fourth-order valence-corrected chi connectivity index (χ4v) is 3.34. The second-order valence-corrected chi connectivity index (χ2v) is 6.95. The van der Waals surface area contributed by atoms with Crippen LogP contribution in [0.2, 0.25) is 5.02 Å². The summed E-state index contributed by atoms with van der Waals surface area (Å²) in [6.45, 7) is 2.46. The van der Waals surface area contributed by atoms with Crippen molar-refractivity contribution in [1.82, 2.24) is 15.4 Å². The number of nitrogens with zero attached hydrogens (tertiary/aromatic N) is 3. The Balaban J connectivity index is 1.83. The van der Waals surface area contributed by atoms with Crippen LogP contribution in [0.4, 0.5) is 5.82 Å². The van der Waals surface area contributed by atoms with E-state index in [1.807, 2.05) is 31.5 Å². The Morgan fingerprint density at radius 3 is 2.96 bits per heavy atom. The molecule has 8 heteroatoms. The van der Waals surface area contributed by atoms with Crippen molar-refractivity contribution >= 4 is 35.1 Å². The largest absolute Gasteiger partial charge is 0.495 e. The molecule has 1 aliphatic rings. The number of carbonyl (C=O) groups is 1. The maximum Gasteiger partial charge on any atom is 0.243 e. The first-order valence-electron chi connectivity index (χ1n) is 7.83. The lowest BCUT2D eigenvalue weighted by molar-refractivity contribution is -0.120. The number of nitrogens with one attached hydrogen (secondary N) is 1. The molecule has 1 aliphatic heterocycles. The quantitative estimate of drug-likeness (QED) is 0.635. The van der Waals surface area contributed by atoms with Crippen molar-refractivity contribution in [2.45, 2.75) is 31.0 Å². The molecule has 0 saturated carbocycles. The zero-order valence-corrected chi connectivity index (χ0v) is 15.8. The second kappa shape index (κ2) is 7.59. The highest BCUT2D eigenvalue weighted by molar-refractivity contribution is 7.98. The summed E-state index contributed by atoms with van der Waals surface area (Å²) in [7, 11) is 1.58. The molecule has 3 rings (SSSR count). The number of halogens is 1. The number of benzene rings is 1. The van der Waals surface area contributed by atoms with Crippen molar-refractivity contribution in [2.75, 3.05) is 18.4 Å². The number of hydrazine groups is 1. The van der Waals surface area contributed by atoms with E-state index in [9.17, 15) is 4.79 Å². The number of fused-ring (bicyclic) bond motifs is 1. The number of hydrogen-bond donors (Lipinski definition) is 1. The average Bonchev–Trinajstić information content (AvgIpc) is 2.61. The summed E-state index contributed by atoms with van der Waals surface area (Å²) in [5.74, 6) is 1.34. The Labute approximate surface area is 155 Å². The van der Waals surface area contributed by atoms with Gasteiger partial charge in [0.15, 0.2) is 11.0 Å². The zero-order chi connectivity index (χ0) is 18.0. The SMILES string of the molecule is COc1ccc(CNN2C(=O)CC(C)c3cnc(SC)nc32)cc1Cl. The van der Waals surface area contributed by atoms with Gasteiger partial charge in [0.2, 0.25) is 5.91 Å². The second-order valence-electron chi connectivity index (χ2n) is 5.77. The third-order valence-corrected chi connectivity index (χ3v) is 4.94. The minimum atomic E-state index is -0.00892. The Bertz CT molecular complexity index is 802. The van der Waals surface area contributed by atoms with E-state index in [1.54, 1.807) is 13.2 Å². The summed E-state index contributed by atoms with van der Waals surface area (Å²) in [5, 5.41) is 2.70. The normalized spacial score (nSPS) is 16.7. The van der Waals surface area contributed by atoms with Crippen LogP contribution in [0, 0.1) is 0 Å². The lowest BCUT2D eigenvalue weighted by Gasteiger charge is -2.31. The van der Waals surface area contributed by atoms with Gasteiger partial charge in [-0.25, -0.2) is 20.4 Å². The Morgan fingerprint density at radius 2 is 2.28 bits per heavy atom. The fourth-order valence-electron chi connectivity index (χ4n) is 2.73. The highest BCUT2D eigenvalue weighted by atomic mass is 35.5. The summed E-state index contributed by atoms with van der Waals surface area (Å²) in [4.78, 5) is 21.3. The summed E-state index contributed by atoms with van der Waals surface area (Å²) in [5.41, 5.74) is 5.08. The topological polar surface area (TPSA) is 67.3 Å². The first-order chi connectivity index (χ1) is 12.0. The van der Waals surface area contributed by atoms with E-state index in [1.165, 1.54) is 16.8 Å². The molecule has 0 aliphatic carbocycles. The van der Waals surface area contributed by atoms with Crippen molar-refractivity contribution in [3.63, 3.8) is 0 Å². The van der Waals surface area contributed by atoms with Crippen molar-refractivity contribution in [1.29, 1.82) is 0 Å². The number of carbonyl (C=O) groups excluding carboxylic acids is 1. The summed E-state index contributed by atoms with van der Waals surface area (Å²) < 4.78 is 5.16. The predicted octanol–water partition coefficient (Wildman–Crippen LogP) is 3.41. The summed E-state index contributed by atoms with van der Waals surface area (Å²) in [6.07, 6.45) is 4.14. The number of anilines is 1. The molecule has 1 atom stereocenters. The molecule has 1 unspecified atom stereocenters. The standard InChI is InChI=1S/C17H19ClN4O2S/c1-10-6-15(23)22(16-12(10)9-19-17(21-16)25-3)20-8-11-4-5-14(24-2)13(18)7-11/h4-5,7,9-10,20H,6,8H2,1-3H3. The molecule has 0 bridgehead atoms. The van der Waals surface area contributed by atoms with Gasteiger partial charge in [-0.2, -0.15) is 0 Å². The number of hydrogen-bond acceptors (Lipinski definition) is 6. The van der Waals surface area contributed by atoms with Gasteiger partial charge in [0.25, 0.3) is 0 Å². The van der Waals surface area contributed by atoms with Crippen LogP contribution in [0.15, 0.2) is 29.6 Å². The Kier molecular flexibility index (Phi) is 5.46. The van der Waals surface area contributed by atoms with Crippen molar-refractivity contribution in [3.8, 4) is 5.75 Å². The molecule has 2 aromatic rings. The van der Waals surface area contributed by atoms with E-state index in [2.05, 4.69) is 15.4 Å². The van der Waals surface area contributed by atoms with Crippen LogP contribution in [0.1, 0.15) is 30.4 Å². The number of aromatic nitrogens is 2. The van der Waals surface area contributed by atoms with Gasteiger partial charge in [-0.1, -0.05) is 36.4 Å². The van der Waals surface area contributed by atoms with E-state index in [-0.39, 0.29) is 11.8 Å². The maximum absolute atomic E-state index is 12.5. The van der Waals surface area contributed by atoms with E-state index in [0.29, 0.717) is 34.7 Å². The molecule has 6 nitrogen and oxygen atoms in total. The molecular formula is C17H19ClN4O2S. The molecule has 1 amide bonds. The van der Waals surface area contributed by atoms with Crippen LogP contribution in [0.25, 0.3) is 0 Å². The van der Waals surface area contributed by atoms with Crippen molar-refractivity contribution in [2.24, 2.45) is 0 Å².